The topological polar surface area (TPSA) is 40.5 Å². The van der Waals surface area contributed by atoms with Gasteiger partial charge in [-0.3, -0.25) is 0 Å². The van der Waals surface area contributed by atoms with E-state index in [0.29, 0.717) is 11.2 Å². The molecule has 0 saturated heterocycles. The average Bonchev–Trinajstić information content (AvgIpc) is 2.01. The molecular formula is C8H18O2S. The highest BCUT2D eigenvalue weighted by Gasteiger charge is 2.04. The Morgan fingerprint density at radius 1 is 1.27 bits per heavy atom. The lowest BCUT2D eigenvalue weighted by Crippen LogP contribution is -2.08. The molecule has 0 amide bonds. The molecule has 0 saturated carbocycles. The van der Waals surface area contributed by atoms with Crippen molar-refractivity contribution in [1.29, 1.82) is 0 Å². The molecule has 0 spiro atoms. The normalized spacial score (nSPS) is 16.4. The van der Waals surface area contributed by atoms with Crippen molar-refractivity contribution in [3.8, 4) is 0 Å². The van der Waals surface area contributed by atoms with Gasteiger partial charge < -0.3 is 10.2 Å². The molecule has 0 bridgehead atoms. The van der Waals surface area contributed by atoms with E-state index in [0.717, 1.165) is 12.2 Å². The van der Waals surface area contributed by atoms with Crippen molar-refractivity contribution in [3.05, 3.63) is 0 Å². The van der Waals surface area contributed by atoms with Crippen LogP contribution in [0.1, 0.15) is 20.3 Å². The van der Waals surface area contributed by atoms with Crippen LogP contribution in [0.25, 0.3) is 0 Å². The summed E-state index contributed by atoms with van der Waals surface area (Å²) < 4.78 is 0. The van der Waals surface area contributed by atoms with Crippen LogP contribution in [0.3, 0.4) is 0 Å². The van der Waals surface area contributed by atoms with Gasteiger partial charge in [-0.25, -0.2) is 0 Å². The predicted molar refractivity (Wildman–Crippen MR) is 49.9 cm³/mol. The fraction of sp³-hybridized carbons (Fsp3) is 1.00. The molecule has 0 aromatic heterocycles. The maximum Gasteiger partial charge on any atom is 0.0464 e. The van der Waals surface area contributed by atoms with Crippen LogP contribution in [0.15, 0.2) is 0 Å². The minimum Gasteiger partial charge on any atom is -0.396 e. The van der Waals surface area contributed by atoms with Crippen molar-refractivity contribution in [2.45, 2.75) is 25.5 Å². The van der Waals surface area contributed by atoms with Gasteiger partial charge in [0.05, 0.1) is 0 Å². The van der Waals surface area contributed by atoms with Crippen LogP contribution in [-0.2, 0) is 0 Å². The Labute approximate surface area is 73.0 Å². The molecule has 68 valence electrons. The summed E-state index contributed by atoms with van der Waals surface area (Å²) in [6.45, 7) is 4.66. The molecule has 0 aliphatic heterocycles. The second-order valence-electron chi connectivity index (χ2n) is 2.94. The largest absolute Gasteiger partial charge is 0.396 e. The predicted octanol–water partition coefficient (Wildman–Crippen LogP) is 1.12. The molecule has 0 fully saturated rings. The van der Waals surface area contributed by atoms with Crippen LogP contribution in [-0.4, -0.2) is 34.4 Å². The fourth-order valence-corrected chi connectivity index (χ4v) is 1.68. The summed E-state index contributed by atoms with van der Waals surface area (Å²) in [7, 11) is 0. The van der Waals surface area contributed by atoms with Crippen LogP contribution in [0.5, 0.6) is 0 Å². The van der Waals surface area contributed by atoms with Gasteiger partial charge in [-0.15, -0.1) is 0 Å². The number of hydrogen-bond donors (Lipinski definition) is 2. The first kappa shape index (κ1) is 11.3. The molecule has 0 heterocycles. The van der Waals surface area contributed by atoms with E-state index < -0.39 is 0 Å². The molecule has 0 aliphatic carbocycles. The Kier molecular flexibility index (Phi) is 7.12. The Morgan fingerprint density at radius 3 is 2.36 bits per heavy atom. The Bertz CT molecular complexity index is 88.2. The number of hydrogen-bond acceptors (Lipinski definition) is 3. The zero-order valence-electron chi connectivity index (χ0n) is 7.29. The quantitative estimate of drug-likeness (QED) is 0.640. The molecule has 11 heavy (non-hydrogen) atoms. The molecule has 2 nitrogen and oxygen atoms in total. The fourth-order valence-electron chi connectivity index (χ4n) is 0.646. The van der Waals surface area contributed by atoms with Crippen LogP contribution in [0.2, 0.25) is 0 Å². The van der Waals surface area contributed by atoms with Crippen LogP contribution >= 0.6 is 11.8 Å². The monoisotopic (exact) mass is 178 g/mol. The minimum absolute atomic E-state index is 0.263. The molecule has 0 aromatic carbocycles. The highest BCUT2D eigenvalue weighted by molar-refractivity contribution is 7.99. The van der Waals surface area contributed by atoms with Crippen LogP contribution in [0, 0.1) is 5.92 Å². The van der Waals surface area contributed by atoms with E-state index in [9.17, 15) is 0 Å². The lowest BCUT2D eigenvalue weighted by atomic mass is 10.2. The Hall–Kier alpha value is 0.270. The van der Waals surface area contributed by atoms with Crippen LogP contribution in [0.4, 0.5) is 0 Å². The number of aliphatic hydroxyl groups excluding tert-OH is 2. The number of rotatable bonds is 6. The second kappa shape index (κ2) is 6.95. The smallest absolute Gasteiger partial charge is 0.0464 e. The van der Waals surface area contributed by atoms with E-state index in [2.05, 4.69) is 6.92 Å². The SMILES string of the molecule is CC(CO)CSC(C)CCO. The lowest BCUT2D eigenvalue weighted by molar-refractivity contribution is 0.250. The first-order valence-electron chi connectivity index (χ1n) is 4.04. The van der Waals surface area contributed by atoms with E-state index in [4.69, 9.17) is 10.2 Å². The van der Waals surface area contributed by atoms with Gasteiger partial charge in [-0.2, -0.15) is 11.8 Å². The zero-order chi connectivity index (χ0) is 8.69. The van der Waals surface area contributed by atoms with Crippen molar-refractivity contribution in [3.63, 3.8) is 0 Å². The summed E-state index contributed by atoms with van der Waals surface area (Å²) in [6, 6.07) is 0. The first-order valence-corrected chi connectivity index (χ1v) is 5.09. The highest BCUT2D eigenvalue weighted by Crippen LogP contribution is 2.16. The zero-order valence-corrected chi connectivity index (χ0v) is 8.10. The molecule has 0 rings (SSSR count). The third-order valence-corrected chi connectivity index (χ3v) is 3.08. The Morgan fingerprint density at radius 2 is 1.91 bits per heavy atom. The summed E-state index contributed by atoms with van der Waals surface area (Å²) in [5, 5.41) is 17.8. The van der Waals surface area contributed by atoms with E-state index >= 15 is 0 Å². The van der Waals surface area contributed by atoms with Crippen LogP contribution < -0.4 is 0 Å². The first-order chi connectivity index (χ1) is 5.20. The van der Waals surface area contributed by atoms with E-state index in [1.165, 1.54) is 0 Å². The maximum absolute atomic E-state index is 8.71. The molecule has 2 N–H and O–H groups in total. The number of aliphatic hydroxyl groups is 2. The molecule has 3 heteroatoms. The van der Waals surface area contributed by atoms with Crippen molar-refractivity contribution >= 4 is 11.8 Å². The van der Waals surface area contributed by atoms with E-state index in [-0.39, 0.29) is 13.2 Å². The second-order valence-corrected chi connectivity index (χ2v) is 4.42. The van der Waals surface area contributed by atoms with Crippen molar-refractivity contribution < 1.29 is 10.2 Å². The van der Waals surface area contributed by atoms with E-state index in [1.54, 1.807) is 0 Å². The standard InChI is InChI=1S/C8H18O2S/c1-7(5-10)6-11-8(2)3-4-9/h7-10H,3-6H2,1-2H3. The lowest BCUT2D eigenvalue weighted by Gasteiger charge is -2.12. The maximum atomic E-state index is 8.71. The van der Waals surface area contributed by atoms with Crippen molar-refractivity contribution in [1.82, 2.24) is 0 Å². The molecule has 2 atom stereocenters. The highest BCUT2D eigenvalue weighted by atomic mass is 32.2. The Balaban J connectivity index is 3.22. The van der Waals surface area contributed by atoms with E-state index in [1.807, 2.05) is 18.7 Å². The van der Waals surface area contributed by atoms with Gasteiger partial charge >= 0.3 is 0 Å². The van der Waals surface area contributed by atoms with Gasteiger partial charge in [0, 0.05) is 18.5 Å². The van der Waals surface area contributed by atoms with Gasteiger partial charge in [-0.1, -0.05) is 13.8 Å². The summed E-state index contributed by atoms with van der Waals surface area (Å²) >= 11 is 1.81. The van der Waals surface area contributed by atoms with Gasteiger partial charge in [0.1, 0.15) is 0 Å². The summed E-state index contributed by atoms with van der Waals surface area (Å²) in [4.78, 5) is 0. The van der Waals surface area contributed by atoms with Gasteiger partial charge in [-0.05, 0) is 18.1 Å². The minimum atomic E-state index is 0.263. The summed E-state index contributed by atoms with van der Waals surface area (Å²) in [5.74, 6) is 1.36. The van der Waals surface area contributed by atoms with Gasteiger partial charge in [0.2, 0.25) is 0 Å². The number of thioether (sulfide) groups is 1. The summed E-state index contributed by atoms with van der Waals surface area (Å²) in [6.07, 6.45) is 0.850. The third-order valence-electron chi connectivity index (χ3n) is 1.51. The third kappa shape index (κ3) is 6.66. The van der Waals surface area contributed by atoms with Crippen molar-refractivity contribution in [2.75, 3.05) is 19.0 Å². The molecule has 0 aliphatic rings. The van der Waals surface area contributed by atoms with Gasteiger partial charge in [0.15, 0.2) is 0 Å². The summed E-state index contributed by atoms with van der Waals surface area (Å²) in [5.41, 5.74) is 0. The molecule has 0 aromatic rings. The van der Waals surface area contributed by atoms with Gasteiger partial charge in [0.25, 0.3) is 0 Å². The van der Waals surface area contributed by atoms with Crippen molar-refractivity contribution in [2.24, 2.45) is 5.92 Å². The molecule has 0 radical (unpaired) electrons. The average molecular weight is 178 g/mol. The molecular weight excluding hydrogens is 160 g/mol. The molecule has 2 unspecified atom stereocenters.